The van der Waals surface area contributed by atoms with E-state index in [0.29, 0.717) is 23.8 Å². The standard InChI is InChI=1S/C32H37FN8O/c33-27-4-2-1-3-21(27)18-24-19-23-17-22(5-6-28(23)37-24)30-29-31(34)35-20-36-32(29)41(38-30)26-9-13-40(14-10-26)25-7-11-39(12-8-25)15-16-42/h1-6,17,19-20,25-26,37,42H,7-16,18H2,(H2,34,35,36). The second kappa shape index (κ2) is 11.4. The molecule has 9 nitrogen and oxygen atoms in total. The second-order valence-corrected chi connectivity index (χ2v) is 11.7. The zero-order chi connectivity index (χ0) is 28.6. The van der Waals surface area contributed by atoms with E-state index in [1.54, 1.807) is 6.07 Å². The molecule has 5 heterocycles. The highest BCUT2D eigenvalue weighted by Crippen LogP contribution is 2.36. The number of anilines is 1. The topological polar surface area (TPSA) is 112 Å². The highest BCUT2D eigenvalue weighted by atomic mass is 19.1. The number of hydrogen-bond acceptors (Lipinski definition) is 7. The van der Waals surface area contributed by atoms with E-state index in [-0.39, 0.29) is 18.5 Å². The Morgan fingerprint density at radius 3 is 2.52 bits per heavy atom. The molecule has 0 unspecified atom stereocenters. The fourth-order valence-corrected chi connectivity index (χ4v) is 6.88. The molecule has 0 aliphatic carbocycles. The van der Waals surface area contributed by atoms with E-state index in [4.69, 9.17) is 10.8 Å². The maximum atomic E-state index is 14.3. The number of fused-ring (bicyclic) bond motifs is 2. The van der Waals surface area contributed by atoms with Crippen LogP contribution >= 0.6 is 0 Å². The Hall–Kier alpha value is -3.86. The third kappa shape index (κ3) is 5.14. The summed E-state index contributed by atoms with van der Waals surface area (Å²) in [5.74, 6) is 0.237. The summed E-state index contributed by atoms with van der Waals surface area (Å²) in [6.45, 7) is 5.20. The normalized spacial score (nSPS) is 18.0. The van der Waals surface area contributed by atoms with Crippen LogP contribution in [0.4, 0.5) is 10.2 Å². The minimum Gasteiger partial charge on any atom is -0.395 e. The lowest BCUT2D eigenvalue weighted by atomic mass is 9.98. The molecule has 0 bridgehead atoms. The van der Waals surface area contributed by atoms with Gasteiger partial charge in [0.2, 0.25) is 0 Å². The van der Waals surface area contributed by atoms with Gasteiger partial charge in [0.05, 0.1) is 18.0 Å². The second-order valence-electron chi connectivity index (χ2n) is 11.7. The van der Waals surface area contributed by atoms with E-state index in [1.807, 2.05) is 18.2 Å². The molecule has 3 aromatic heterocycles. The van der Waals surface area contributed by atoms with Gasteiger partial charge < -0.3 is 25.6 Å². The first kappa shape index (κ1) is 27.0. The van der Waals surface area contributed by atoms with Crippen molar-refractivity contribution >= 4 is 27.8 Å². The van der Waals surface area contributed by atoms with E-state index >= 15 is 0 Å². The number of nitrogens with two attached hydrogens (primary N) is 1. The molecule has 42 heavy (non-hydrogen) atoms. The number of hydrogen-bond donors (Lipinski definition) is 3. The van der Waals surface area contributed by atoms with Crippen LogP contribution in [-0.4, -0.2) is 85.0 Å². The average Bonchev–Trinajstić information content (AvgIpc) is 3.61. The van der Waals surface area contributed by atoms with Crippen molar-refractivity contribution in [3.05, 3.63) is 71.9 Å². The Bertz CT molecular complexity index is 1700. The van der Waals surface area contributed by atoms with Gasteiger partial charge in [0.1, 0.15) is 23.7 Å². The predicted octanol–water partition coefficient (Wildman–Crippen LogP) is 4.38. The lowest BCUT2D eigenvalue weighted by molar-refractivity contribution is 0.0715. The number of nitrogens with zero attached hydrogens (tertiary/aromatic N) is 6. The molecule has 7 rings (SSSR count). The van der Waals surface area contributed by atoms with Gasteiger partial charge in [-0.3, -0.25) is 0 Å². The van der Waals surface area contributed by atoms with Crippen LogP contribution in [0.15, 0.2) is 54.9 Å². The summed E-state index contributed by atoms with van der Waals surface area (Å²) >= 11 is 0. The molecule has 2 aliphatic rings. The van der Waals surface area contributed by atoms with Gasteiger partial charge in [0.15, 0.2) is 5.65 Å². The molecule has 218 valence electrons. The predicted molar refractivity (Wildman–Crippen MR) is 163 cm³/mol. The fraction of sp³-hybridized carbons (Fsp3) is 0.406. The molecule has 0 amide bonds. The number of likely N-dealkylation sites (tertiary alicyclic amines) is 2. The summed E-state index contributed by atoms with van der Waals surface area (Å²) in [5, 5.41) is 16.2. The van der Waals surface area contributed by atoms with Crippen molar-refractivity contribution in [3.63, 3.8) is 0 Å². The number of aliphatic hydroxyl groups is 1. The number of aromatic nitrogens is 5. The van der Waals surface area contributed by atoms with Crippen molar-refractivity contribution in [1.29, 1.82) is 0 Å². The molecular formula is C32H37FN8O. The smallest absolute Gasteiger partial charge is 0.164 e. The minimum atomic E-state index is -0.196. The first-order chi connectivity index (χ1) is 20.6. The Kier molecular flexibility index (Phi) is 7.35. The summed E-state index contributed by atoms with van der Waals surface area (Å²) in [4.78, 5) is 17.4. The fourth-order valence-electron chi connectivity index (χ4n) is 6.88. The number of nitrogen functional groups attached to an aromatic ring is 1. The van der Waals surface area contributed by atoms with Crippen LogP contribution in [0, 0.1) is 5.82 Å². The third-order valence-electron chi connectivity index (χ3n) is 9.14. The summed E-state index contributed by atoms with van der Waals surface area (Å²) in [6.07, 6.45) is 6.36. The molecule has 5 aromatic rings. The number of aromatic amines is 1. The van der Waals surface area contributed by atoms with Gasteiger partial charge in [-0.2, -0.15) is 5.10 Å². The highest BCUT2D eigenvalue weighted by Gasteiger charge is 2.30. The molecule has 2 fully saturated rings. The van der Waals surface area contributed by atoms with Gasteiger partial charge in [-0.25, -0.2) is 19.0 Å². The zero-order valence-corrected chi connectivity index (χ0v) is 23.7. The zero-order valence-electron chi connectivity index (χ0n) is 23.7. The van der Waals surface area contributed by atoms with E-state index < -0.39 is 0 Å². The van der Waals surface area contributed by atoms with Crippen LogP contribution in [0.2, 0.25) is 0 Å². The van der Waals surface area contributed by atoms with E-state index in [9.17, 15) is 9.50 Å². The molecule has 2 aliphatic heterocycles. The van der Waals surface area contributed by atoms with E-state index in [0.717, 1.165) is 97.3 Å². The van der Waals surface area contributed by atoms with Gasteiger partial charge in [-0.15, -0.1) is 0 Å². The van der Waals surface area contributed by atoms with Gasteiger partial charge in [-0.05, 0) is 68.6 Å². The van der Waals surface area contributed by atoms with Crippen LogP contribution in [0.25, 0.3) is 33.2 Å². The molecule has 2 aromatic carbocycles. The quantitative estimate of drug-likeness (QED) is 0.267. The lowest BCUT2D eigenvalue weighted by Gasteiger charge is -2.41. The Labute approximate surface area is 244 Å². The number of rotatable bonds is 7. The first-order valence-corrected chi connectivity index (χ1v) is 15.0. The van der Waals surface area contributed by atoms with E-state index in [1.165, 1.54) is 12.4 Å². The van der Waals surface area contributed by atoms with Gasteiger partial charge in [0.25, 0.3) is 0 Å². The maximum absolute atomic E-state index is 14.3. The summed E-state index contributed by atoms with van der Waals surface area (Å²) in [7, 11) is 0. The molecule has 4 N–H and O–H groups in total. The average molecular weight is 569 g/mol. The molecule has 2 saturated heterocycles. The monoisotopic (exact) mass is 568 g/mol. The summed E-state index contributed by atoms with van der Waals surface area (Å²) in [5.41, 5.74) is 11.6. The van der Waals surface area contributed by atoms with Gasteiger partial charge >= 0.3 is 0 Å². The van der Waals surface area contributed by atoms with Crippen LogP contribution in [0.3, 0.4) is 0 Å². The Morgan fingerprint density at radius 2 is 1.74 bits per heavy atom. The van der Waals surface area contributed by atoms with Crippen molar-refractivity contribution in [2.45, 2.75) is 44.2 Å². The lowest BCUT2D eigenvalue weighted by Crippen LogP contribution is -2.48. The van der Waals surface area contributed by atoms with E-state index in [2.05, 4.69) is 47.6 Å². The van der Waals surface area contributed by atoms with Crippen LogP contribution in [0.5, 0.6) is 0 Å². The van der Waals surface area contributed by atoms with Crippen molar-refractivity contribution < 1.29 is 9.50 Å². The SMILES string of the molecule is Nc1ncnc2c1c(-c1ccc3[nH]c(Cc4ccccc4F)cc3c1)nn2C1CCN(C2CCN(CCO)CC2)CC1. The van der Waals surface area contributed by atoms with Crippen LogP contribution in [0.1, 0.15) is 43.0 Å². The number of halogens is 1. The maximum Gasteiger partial charge on any atom is 0.164 e. The number of nitrogens with one attached hydrogen (secondary N) is 1. The highest BCUT2D eigenvalue weighted by molar-refractivity contribution is 6.00. The Morgan fingerprint density at radius 1 is 0.952 bits per heavy atom. The third-order valence-corrected chi connectivity index (χ3v) is 9.14. The van der Waals surface area contributed by atoms with Gasteiger partial charge in [-0.1, -0.05) is 24.3 Å². The van der Waals surface area contributed by atoms with Crippen molar-refractivity contribution in [1.82, 2.24) is 34.5 Å². The number of piperidine rings is 2. The first-order valence-electron chi connectivity index (χ1n) is 15.0. The molecule has 0 spiro atoms. The molecular weight excluding hydrogens is 531 g/mol. The van der Waals surface area contributed by atoms with Crippen molar-refractivity contribution in [2.75, 3.05) is 45.1 Å². The molecule has 0 saturated carbocycles. The van der Waals surface area contributed by atoms with Gasteiger partial charge in [0, 0.05) is 54.3 Å². The molecule has 0 atom stereocenters. The van der Waals surface area contributed by atoms with Crippen LogP contribution < -0.4 is 5.73 Å². The number of β-amino-alcohol motifs (C(OH)–C–C–N with tert-alkyl or cyclic N) is 1. The number of aliphatic hydroxyl groups excluding tert-OH is 1. The largest absolute Gasteiger partial charge is 0.395 e. The summed E-state index contributed by atoms with van der Waals surface area (Å²) < 4.78 is 16.3. The van der Waals surface area contributed by atoms with Crippen molar-refractivity contribution in [2.24, 2.45) is 0 Å². The minimum absolute atomic E-state index is 0.196. The van der Waals surface area contributed by atoms with Crippen molar-refractivity contribution in [3.8, 4) is 11.3 Å². The Balaban J connectivity index is 1.13. The number of H-pyrrole nitrogens is 1. The number of benzene rings is 2. The summed E-state index contributed by atoms with van der Waals surface area (Å²) in [6, 6.07) is 16.0. The molecule has 10 heteroatoms. The van der Waals surface area contributed by atoms with Crippen LogP contribution in [-0.2, 0) is 6.42 Å². The molecule has 0 radical (unpaired) electrons.